The van der Waals surface area contributed by atoms with Crippen molar-refractivity contribution in [2.24, 2.45) is 5.92 Å². The molecule has 0 spiro atoms. The number of hydrogen-bond donors (Lipinski definition) is 1. The molecule has 1 heterocycles. The van der Waals surface area contributed by atoms with Crippen molar-refractivity contribution < 1.29 is 19.4 Å². The van der Waals surface area contributed by atoms with Gasteiger partial charge >= 0.3 is 5.97 Å². The first kappa shape index (κ1) is 9.24. The van der Waals surface area contributed by atoms with E-state index in [0.29, 0.717) is 12.2 Å². The molecule has 2 aliphatic rings. The van der Waals surface area contributed by atoms with Crippen LogP contribution in [-0.2, 0) is 14.3 Å². The van der Waals surface area contributed by atoms with Crippen molar-refractivity contribution in [3.05, 3.63) is 11.8 Å². The van der Waals surface area contributed by atoms with E-state index in [1.54, 1.807) is 0 Å². The lowest BCUT2D eigenvalue weighted by Crippen LogP contribution is -2.39. The number of aliphatic carboxylic acids is 1. The van der Waals surface area contributed by atoms with Gasteiger partial charge in [-0.1, -0.05) is 0 Å². The van der Waals surface area contributed by atoms with E-state index in [4.69, 9.17) is 9.84 Å². The van der Waals surface area contributed by atoms with Gasteiger partial charge in [-0.2, -0.15) is 0 Å². The van der Waals surface area contributed by atoms with Gasteiger partial charge in [0.2, 0.25) is 0 Å². The summed E-state index contributed by atoms with van der Waals surface area (Å²) >= 11 is 0. The van der Waals surface area contributed by atoms with Crippen LogP contribution in [0.5, 0.6) is 0 Å². The molecular formula is C10H12O4. The molecule has 76 valence electrons. The fourth-order valence-electron chi connectivity index (χ4n) is 2.00. The molecule has 1 saturated heterocycles. The lowest BCUT2D eigenvalue weighted by molar-refractivity contribution is -0.157. The summed E-state index contributed by atoms with van der Waals surface area (Å²) in [6.07, 6.45) is 3.88. The van der Waals surface area contributed by atoms with Crippen LogP contribution in [-0.4, -0.2) is 23.0 Å². The Hall–Kier alpha value is -1.32. The lowest BCUT2D eigenvalue weighted by Gasteiger charge is -2.31. The number of Topliss-reactive ketones (excluding diaryl/α,β-unsaturated/α-hetero) is 1. The first-order valence-corrected chi connectivity index (χ1v) is 4.80. The summed E-state index contributed by atoms with van der Waals surface area (Å²) in [5.41, 5.74) is 0. The minimum absolute atomic E-state index is 0.131. The standard InChI is InChI=1S/C10H12O4/c11-7-5-6-3-1-2-4-8(6)14-9(7)10(12)13/h4,6,9H,1-3,5H2,(H,12,13). The van der Waals surface area contributed by atoms with E-state index in [1.807, 2.05) is 6.08 Å². The quantitative estimate of drug-likeness (QED) is 0.638. The van der Waals surface area contributed by atoms with Crippen LogP contribution in [0.25, 0.3) is 0 Å². The van der Waals surface area contributed by atoms with Crippen molar-refractivity contribution in [3.63, 3.8) is 0 Å². The summed E-state index contributed by atoms with van der Waals surface area (Å²) in [6, 6.07) is 0. The summed E-state index contributed by atoms with van der Waals surface area (Å²) in [4.78, 5) is 22.0. The van der Waals surface area contributed by atoms with Gasteiger partial charge in [0.25, 0.3) is 6.10 Å². The molecule has 0 saturated carbocycles. The summed E-state index contributed by atoms with van der Waals surface area (Å²) in [7, 11) is 0. The van der Waals surface area contributed by atoms with Gasteiger partial charge in [-0.25, -0.2) is 4.79 Å². The van der Waals surface area contributed by atoms with Crippen LogP contribution in [0, 0.1) is 5.92 Å². The number of ketones is 1. The Labute approximate surface area is 81.6 Å². The number of allylic oxidation sites excluding steroid dienone is 2. The average molecular weight is 196 g/mol. The molecule has 2 atom stereocenters. The monoisotopic (exact) mass is 196 g/mol. The average Bonchev–Trinajstić information content (AvgIpc) is 2.16. The predicted molar refractivity (Wildman–Crippen MR) is 47.6 cm³/mol. The molecule has 2 unspecified atom stereocenters. The van der Waals surface area contributed by atoms with Crippen LogP contribution >= 0.6 is 0 Å². The molecule has 2 rings (SSSR count). The largest absolute Gasteiger partial charge is 0.478 e. The highest BCUT2D eigenvalue weighted by Gasteiger charge is 2.38. The molecule has 4 nitrogen and oxygen atoms in total. The molecule has 0 amide bonds. The third-order valence-corrected chi connectivity index (χ3v) is 2.72. The van der Waals surface area contributed by atoms with E-state index < -0.39 is 12.1 Å². The Balaban J connectivity index is 2.17. The zero-order valence-electron chi connectivity index (χ0n) is 7.73. The van der Waals surface area contributed by atoms with Gasteiger partial charge in [-0.05, 0) is 25.3 Å². The van der Waals surface area contributed by atoms with E-state index in [9.17, 15) is 9.59 Å². The highest BCUT2D eigenvalue weighted by atomic mass is 16.5. The van der Waals surface area contributed by atoms with Crippen molar-refractivity contribution in [1.82, 2.24) is 0 Å². The van der Waals surface area contributed by atoms with E-state index in [0.717, 1.165) is 19.3 Å². The van der Waals surface area contributed by atoms with Crippen molar-refractivity contribution in [1.29, 1.82) is 0 Å². The van der Waals surface area contributed by atoms with E-state index in [1.165, 1.54) is 0 Å². The fourth-order valence-corrected chi connectivity index (χ4v) is 2.00. The number of rotatable bonds is 1. The Morgan fingerprint density at radius 3 is 3.07 bits per heavy atom. The zero-order valence-corrected chi connectivity index (χ0v) is 7.73. The molecular weight excluding hydrogens is 184 g/mol. The van der Waals surface area contributed by atoms with Gasteiger partial charge in [-0.3, -0.25) is 4.79 Å². The van der Waals surface area contributed by atoms with Crippen LogP contribution in [0.1, 0.15) is 25.7 Å². The third kappa shape index (κ3) is 1.52. The Morgan fingerprint density at radius 1 is 1.57 bits per heavy atom. The van der Waals surface area contributed by atoms with Gasteiger partial charge in [-0.15, -0.1) is 0 Å². The predicted octanol–water partition coefficient (Wildman–Crippen LogP) is 1.11. The van der Waals surface area contributed by atoms with E-state index in [-0.39, 0.29) is 11.7 Å². The van der Waals surface area contributed by atoms with Gasteiger partial charge in [0.1, 0.15) is 0 Å². The number of carbonyl (C=O) groups is 2. The molecule has 0 aromatic rings. The number of ether oxygens (including phenoxy) is 1. The maximum Gasteiger partial charge on any atom is 0.352 e. The lowest BCUT2D eigenvalue weighted by atomic mass is 9.86. The minimum atomic E-state index is -1.27. The van der Waals surface area contributed by atoms with Gasteiger partial charge in [0, 0.05) is 12.3 Å². The number of fused-ring (bicyclic) bond motifs is 1. The number of carboxylic acid groups (broad SMARTS) is 1. The Bertz CT molecular complexity index is 305. The smallest absolute Gasteiger partial charge is 0.352 e. The first-order valence-electron chi connectivity index (χ1n) is 4.80. The number of carboxylic acids is 1. The number of carbonyl (C=O) groups excluding carboxylic acids is 1. The van der Waals surface area contributed by atoms with Crippen LogP contribution < -0.4 is 0 Å². The summed E-state index contributed by atoms with van der Waals surface area (Å²) in [5, 5.41) is 8.73. The molecule has 0 bridgehead atoms. The molecule has 1 aliphatic heterocycles. The van der Waals surface area contributed by atoms with Crippen molar-refractivity contribution >= 4 is 11.8 Å². The molecule has 0 radical (unpaired) electrons. The number of hydrogen-bond acceptors (Lipinski definition) is 3. The van der Waals surface area contributed by atoms with Crippen LogP contribution in [0.3, 0.4) is 0 Å². The normalized spacial score (nSPS) is 31.4. The van der Waals surface area contributed by atoms with Crippen LogP contribution in [0.15, 0.2) is 11.8 Å². The molecule has 0 aromatic heterocycles. The van der Waals surface area contributed by atoms with Crippen LogP contribution in [0.4, 0.5) is 0 Å². The topological polar surface area (TPSA) is 63.6 Å². The molecule has 1 fully saturated rings. The van der Waals surface area contributed by atoms with Gasteiger partial charge < -0.3 is 9.84 Å². The SMILES string of the molecule is O=C(O)C1OC2=CCCCC2CC1=O. The summed E-state index contributed by atoms with van der Waals surface area (Å²) < 4.78 is 5.18. The molecule has 1 N–H and O–H groups in total. The maximum atomic E-state index is 11.4. The zero-order chi connectivity index (χ0) is 10.1. The molecule has 4 heteroatoms. The Morgan fingerprint density at radius 2 is 2.36 bits per heavy atom. The van der Waals surface area contributed by atoms with Crippen molar-refractivity contribution in [2.45, 2.75) is 31.8 Å². The second kappa shape index (κ2) is 3.44. The highest BCUT2D eigenvalue weighted by molar-refractivity contribution is 6.02. The molecule has 0 aromatic carbocycles. The van der Waals surface area contributed by atoms with Gasteiger partial charge in [0.05, 0.1) is 5.76 Å². The maximum absolute atomic E-state index is 11.4. The highest BCUT2D eigenvalue weighted by Crippen LogP contribution is 2.33. The summed E-state index contributed by atoms with van der Waals surface area (Å²) in [6.45, 7) is 0. The second-order valence-corrected chi connectivity index (χ2v) is 3.74. The van der Waals surface area contributed by atoms with Gasteiger partial charge in [0.15, 0.2) is 5.78 Å². The van der Waals surface area contributed by atoms with Crippen molar-refractivity contribution in [3.8, 4) is 0 Å². The molecule has 1 aliphatic carbocycles. The third-order valence-electron chi connectivity index (χ3n) is 2.72. The van der Waals surface area contributed by atoms with Crippen molar-refractivity contribution in [2.75, 3.05) is 0 Å². The van der Waals surface area contributed by atoms with E-state index >= 15 is 0 Å². The second-order valence-electron chi connectivity index (χ2n) is 3.74. The minimum Gasteiger partial charge on any atom is -0.478 e. The summed E-state index contributed by atoms with van der Waals surface area (Å²) in [5.74, 6) is -0.642. The first-order chi connectivity index (χ1) is 6.68. The molecule has 14 heavy (non-hydrogen) atoms. The Kier molecular flexibility index (Phi) is 2.27. The van der Waals surface area contributed by atoms with E-state index in [2.05, 4.69) is 0 Å². The van der Waals surface area contributed by atoms with Crippen LogP contribution in [0.2, 0.25) is 0 Å². The fraction of sp³-hybridized carbons (Fsp3) is 0.600.